The molecule has 4 nitrogen and oxygen atoms in total. The Bertz CT molecular complexity index is 598. The lowest BCUT2D eigenvalue weighted by Gasteiger charge is -2.14. The van der Waals surface area contributed by atoms with E-state index >= 15 is 0 Å². The van der Waals surface area contributed by atoms with Crippen molar-refractivity contribution in [1.29, 1.82) is 0 Å². The van der Waals surface area contributed by atoms with E-state index in [2.05, 4.69) is 5.32 Å². The maximum absolute atomic E-state index is 11.8. The molecule has 4 heteroatoms. The summed E-state index contributed by atoms with van der Waals surface area (Å²) in [4.78, 5) is 11.8. The van der Waals surface area contributed by atoms with Gasteiger partial charge in [-0.05, 0) is 25.0 Å². The fraction of sp³-hybridized carbons (Fsp3) is 0.278. The van der Waals surface area contributed by atoms with Gasteiger partial charge in [0.05, 0.1) is 0 Å². The van der Waals surface area contributed by atoms with E-state index in [1.165, 1.54) is 0 Å². The van der Waals surface area contributed by atoms with Gasteiger partial charge in [0, 0.05) is 18.2 Å². The zero-order valence-electron chi connectivity index (χ0n) is 12.7. The Kier molecular flexibility index (Phi) is 5.98. The molecule has 0 heterocycles. The van der Waals surface area contributed by atoms with Gasteiger partial charge in [-0.2, -0.15) is 0 Å². The number of benzene rings is 2. The highest BCUT2D eigenvalue weighted by Crippen LogP contribution is 2.29. The van der Waals surface area contributed by atoms with Gasteiger partial charge in [-0.3, -0.25) is 4.79 Å². The summed E-state index contributed by atoms with van der Waals surface area (Å²) in [5, 5.41) is 11.6. The molecule has 116 valence electrons. The molecule has 2 rings (SSSR count). The topological polar surface area (TPSA) is 58.6 Å². The quantitative estimate of drug-likeness (QED) is 0.826. The van der Waals surface area contributed by atoms with Crippen molar-refractivity contribution >= 4 is 5.91 Å². The van der Waals surface area contributed by atoms with E-state index in [0.29, 0.717) is 12.2 Å². The van der Waals surface area contributed by atoms with Crippen LogP contribution in [0.25, 0.3) is 11.1 Å². The third-order valence-electron chi connectivity index (χ3n) is 3.30. The largest absolute Gasteiger partial charge is 0.483 e. The summed E-state index contributed by atoms with van der Waals surface area (Å²) in [6.45, 7) is 1.87. The van der Waals surface area contributed by atoms with Crippen LogP contribution in [0.4, 0.5) is 0 Å². The zero-order chi connectivity index (χ0) is 15.8. The summed E-state index contributed by atoms with van der Waals surface area (Å²) in [5.41, 5.74) is 2.01. The summed E-state index contributed by atoms with van der Waals surface area (Å²) in [7, 11) is 0. The third-order valence-corrected chi connectivity index (χ3v) is 3.30. The molecule has 0 aliphatic rings. The van der Waals surface area contributed by atoms with Crippen molar-refractivity contribution in [3.8, 4) is 16.9 Å². The Hall–Kier alpha value is -2.33. The number of aliphatic hydroxyl groups excluding tert-OH is 1. The molecule has 1 unspecified atom stereocenters. The molecule has 2 aromatic rings. The Morgan fingerprint density at radius 1 is 1.14 bits per heavy atom. The van der Waals surface area contributed by atoms with Crippen molar-refractivity contribution in [3.05, 3.63) is 54.6 Å². The first-order chi connectivity index (χ1) is 10.7. The number of aliphatic hydroxyl groups is 1. The van der Waals surface area contributed by atoms with Crippen LogP contribution in [0.2, 0.25) is 0 Å². The molecule has 0 fully saturated rings. The summed E-state index contributed by atoms with van der Waals surface area (Å²) in [5.74, 6) is 0.488. The van der Waals surface area contributed by atoms with Crippen molar-refractivity contribution in [2.24, 2.45) is 0 Å². The molecular weight excluding hydrogens is 278 g/mol. The van der Waals surface area contributed by atoms with Crippen molar-refractivity contribution < 1.29 is 14.6 Å². The van der Waals surface area contributed by atoms with Gasteiger partial charge < -0.3 is 15.2 Å². The number of hydrogen-bond donors (Lipinski definition) is 2. The minimum Gasteiger partial charge on any atom is -0.483 e. The molecule has 2 N–H and O–H groups in total. The number of carbonyl (C=O) groups is 1. The van der Waals surface area contributed by atoms with Crippen LogP contribution in [0.5, 0.6) is 5.75 Å². The number of carbonyl (C=O) groups excluding carboxylic acids is 1. The van der Waals surface area contributed by atoms with E-state index in [4.69, 9.17) is 9.84 Å². The number of hydrogen-bond acceptors (Lipinski definition) is 3. The second-order valence-electron chi connectivity index (χ2n) is 5.13. The smallest absolute Gasteiger partial charge is 0.258 e. The van der Waals surface area contributed by atoms with Crippen LogP contribution in [-0.4, -0.2) is 30.3 Å². The molecule has 1 amide bonds. The van der Waals surface area contributed by atoms with Crippen molar-refractivity contribution in [3.63, 3.8) is 0 Å². The molecule has 0 aromatic heterocycles. The normalized spacial score (nSPS) is 11.7. The molecule has 0 radical (unpaired) electrons. The lowest BCUT2D eigenvalue weighted by Crippen LogP contribution is -2.36. The maximum atomic E-state index is 11.8. The predicted molar refractivity (Wildman–Crippen MR) is 86.7 cm³/mol. The predicted octanol–water partition coefficient (Wildman–Crippen LogP) is 2.62. The average Bonchev–Trinajstić information content (AvgIpc) is 2.54. The van der Waals surface area contributed by atoms with Gasteiger partial charge in [0.15, 0.2) is 6.61 Å². The van der Waals surface area contributed by atoms with E-state index in [9.17, 15) is 4.79 Å². The number of rotatable bonds is 7. The monoisotopic (exact) mass is 299 g/mol. The second kappa shape index (κ2) is 8.20. The van der Waals surface area contributed by atoms with E-state index in [-0.39, 0.29) is 25.2 Å². The highest BCUT2D eigenvalue weighted by atomic mass is 16.5. The highest BCUT2D eigenvalue weighted by molar-refractivity contribution is 5.78. The second-order valence-corrected chi connectivity index (χ2v) is 5.13. The number of para-hydroxylation sites is 1. The first-order valence-electron chi connectivity index (χ1n) is 7.38. The average molecular weight is 299 g/mol. The van der Waals surface area contributed by atoms with Crippen LogP contribution in [0, 0.1) is 0 Å². The third kappa shape index (κ3) is 4.60. The van der Waals surface area contributed by atoms with Gasteiger partial charge in [-0.15, -0.1) is 0 Å². The Balaban J connectivity index is 2.00. The van der Waals surface area contributed by atoms with Gasteiger partial charge in [-0.1, -0.05) is 48.5 Å². The molecule has 1 atom stereocenters. The summed E-state index contributed by atoms with van der Waals surface area (Å²) in [6.07, 6.45) is 0.534. The Morgan fingerprint density at radius 3 is 2.55 bits per heavy atom. The summed E-state index contributed by atoms with van der Waals surface area (Å²) < 4.78 is 5.66. The minimum atomic E-state index is -0.191. The SMILES string of the molecule is CC(CCO)NC(=O)COc1ccccc1-c1ccccc1. The van der Waals surface area contributed by atoms with Crippen molar-refractivity contribution in [2.75, 3.05) is 13.2 Å². The van der Waals surface area contributed by atoms with Crippen LogP contribution in [0.15, 0.2) is 54.6 Å². The molecule has 0 bridgehead atoms. The number of nitrogens with one attached hydrogen (secondary N) is 1. The molecule has 0 spiro atoms. The first kappa shape index (κ1) is 16.0. The van der Waals surface area contributed by atoms with Crippen molar-refractivity contribution in [2.45, 2.75) is 19.4 Å². The van der Waals surface area contributed by atoms with Gasteiger partial charge in [0.1, 0.15) is 5.75 Å². The van der Waals surface area contributed by atoms with Gasteiger partial charge >= 0.3 is 0 Å². The fourth-order valence-corrected chi connectivity index (χ4v) is 2.17. The summed E-state index contributed by atoms with van der Waals surface area (Å²) >= 11 is 0. The molecule has 0 aliphatic carbocycles. The molecule has 0 aliphatic heterocycles. The van der Waals surface area contributed by atoms with Crippen LogP contribution >= 0.6 is 0 Å². The van der Waals surface area contributed by atoms with Gasteiger partial charge in [-0.25, -0.2) is 0 Å². The zero-order valence-corrected chi connectivity index (χ0v) is 12.7. The van der Waals surface area contributed by atoms with E-state index in [1.807, 2.05) is 61.5 Å². The Morgan fingerprint density at radius 2 is 1.82 bits per heavy atom. The van der Waals surface area contributed by atoms with Crippen LogP contribution in [0.3, 0.4) is 0 Å². The fourth-order valence-electron chi connectivity index (χ4n) is 2.17. The molecule has 22 heavy (non-hydrogen) atoms. The van der Waals surface area contributed by atoms with Crippen molar-refractivity contribution in [1.82, 2.24) is 5.32 Å². The van der Waals surface area contributed by atoms with Crippen LogP contribution in [0.1, 0.15) is 13.3 Å². The highest BCUT2D eigenvalue weighted by Gasteiger charge is 2.10. The van der Waals surface area contributed by atoms with Gasteiger partial charge in [0.2, 0.25) is 0 Å². The maximum Gasteiger partial charge on any atom is 0.258 e. The molecule has 0 saturated heterocycles. The van der Waals surface area contributed by atoms with E-state index < -0.39 is 0 Å². The van der Waals surface area contributed by atoms with E-state index in [1.54, 1.807) is 0 Å². The van der Waals surface area contributed by atoms with Crippen LogP contribution < -0.4 is 10.1 Å². The lowest BCUT2D eigenvalue weighted by molar-refractivity contribution is -0.123. The Labute approximate surface area is 130 Å². The first-order valence-corrected chi connectivity index (χ1v) is 7.38. The lowest BCUT2D eigenvalue weighted by atomic mass is 10.1. The standard InChI is InChI=1S/C18H21NO3/c1-14(11-12-20)19-18(21)13-22-17-10-6-5-9-16(17)15-7-3-2-4-8-15/h2-10,14,20H,11-13H2,1H3,(H,19,21). The van der Waals surface area contributed by atoms with E-state index in [0.717, 1.165) is 11.1 Å². The van der Waals surface area contributed by atoms with Crippen LogP contribution in [-0.2, 0) is 4.79 Å². The number of amides is 1. The van der Waals surface area contributed by atoms with Gasteiger partial charge in [0.25, 0.3) is 5.91 Å². The summed E-state index contributed by atoms with van der Waals surface area (Å²) in [6, 6.07) is 17.5. The molecule has 2 aromatic carbocycles. The number of ether oxygens (including phenoxy) is 1. The molecule has 0 saturated carbocycles. The molecular formula is C18H21NO3. The minimum absolute atomic E-state index is 0.0420.